The Hall–Kier alpha value is -2.67. The quantitative estimate of drug-likeness (QED) is 0.553. The minimum Gasteiger partial charge on any atom is -1.00 e. The molecule has 0 atom stereocenters. The van der Waals surface area contributed by atoms with Gasteiger partial charge in [0.1, 0.15) is 12.4 Å². The topological polar surface area (TPSA) is 49.0 Å². The van der Waals surface area contributed by atoms with Crippen LogP contribution >= 0.6 is 11.6 Å². The van der Waals surface area contributed by atoms with Crippen molar-refractivity contribution in [1.82, 2.24) is 5.32 Å². The zero-order valence-corrected chi connectivity index (χ0v) is 18.3. The number of halogens is 3. The Morgan fingerprint density at radius 3 is 2.45 bits per heavy atom. The third kappa shape index (κ3) is 5.73. The second kappa shape index (κ2) is 10.6. The Morgan fingerprint density at radius 1 is 0.935 bits per heavy atom. The molecular weight excluding hydrogens is 444 g/mol. The van der Waals surface area contributed by atoms with Crippen molar-refractivity contribution in [3.05, 3.63) is 82.1 Å². The van der Waals surface area contributed by atoms with Crippen LogP contribution in [0.25, 0.3) is 0 Å². The van der Waals surface area contributed by atoms with E-state index in [0.29, 0.717) is 35.2 Å². The third-order valence-corrected chi connectivity index (χ3v) is 5.07. The molecule has 1 aliphatic rings. The molecule has 0 fully saturated rings. The molecule has 0 radical (unpaired) electrons. The van der Waals surface area contributed by atoms with E-state index in [1.165, 1.54) is 12.1 Å². The second-order valence-corrected chi connectivity index (χ2v) is 7.21. The maximum absolute atomic E-state index is 13.2. The van der Waals surface area contributed by atoms with Crippen molar-refractivity contribution in [1.29, 1.82) is 0 Å². The van der Waals surface area contributed by atoms with Gasteiger partial charge in [-0.3, -0.25) is 0 Å². The average Bonchev–Trinajstić information content (AvgIpc) is 3.21. The molecule has 0 amide bonds. The number of ether oxygens (including phenoxy) is 4. The molecule has 0 bridgehead atoms. The highest BCUT2D eigenvalue weighted by Crippen LogP contribution is 2.33. The number of benzene rings is 3. The smallest absolute Gasteiger partial charge is 0.231 e. The van der Waals surface area contributed by atoms with Gasteiger partial charge in [0.25, 0.3) is 0 Å². The van der Waals surface area contributed by atoms with Gasteiger partial charge in [0, 0.05) is 18.7 Å². The fraction of sp³-hybridized carbons (Fsp3) is 0.217. The molecule has 5 nitrogen and oxygen atoms in total. The van der Waals surface area contributed by atoms with Gasteiger partial charge in [-0.05, 0) is 47.5 Å². The molecule has 0 saturated carbocycles. The lowest BCUT2D eigenvalue weighted by Gasteiger charge is -2.13. The Labute approximate surface area is 191 Å². The number of methoxy groups -OCH3 is 1. The summed E-state index contributed by atoms with van der Waals surface area (Å²) in [6.07, 6.45) is 0. The van der Waals surface area contributed by atoms with Gasteiger partial charge < -0.3 is 36.7 Å². The van der Waals surface area contributed by atoms with Crippen LogP contribution in [0.15, 0.2) is 54.6 Å². The van der Waals surface area contributed by atoms with Crippen LogP contribution in [0.3, 0.4) is 0 Å². The highest BCUT2D eigenvalue weighted by molar-refractivity contribution is 6.31. The molecule has 0 saturated heterocycles. The van der Waals surface area contributed by atoms with Crippen LogP contribution < -0.4 is 36.7 Å². The molecule has 0 aromatic heterocycles. The monoisotopic (exact) mass is 464 g/mol. The van der Waals surface area contributed by atoms with E-state index in [2.05, 4.69) is 5.32 Å². The number of nitrogens with one attached hydrogen (secondary N) is 1. The van der Waals surface area contributed by atoms with Crippen LogP contribution in [0.4, 0.5) is 4.39 Å². The molecule has 0 unspecified atom stereocenters. The van der Waals surface area contributed by atoms with Gasteiger partial charge in [-0.15, -0.1) is 0 Å². The van der Waals surface area contributed by atoms with Crippen LogP contribution in [0, 0.1) is 5.82 Å². The first kappa shape index (κ1) is 23.0. The molecule has 4 rings (SSSR count). The molecule has 164 valence electrons. The van der Waals surface area contributed by atoms with E-state index in [1.54, 1.807) is 13.2 Å². The van der Waals surface area contributed by atoms with Crippen LogP contribution in [-0.4, -0.2) is 13.9 Å². The standard InChI is InChI=1S/C23H21ClFNO4.ClH/c1-27-22-8-15(11-26-12-16-3-7-21-23(9-16)30-14-29-21)2-6-20(22)28-13-17-4-5-18(25)10-19(17)24;/h2-10,26H,11-14H2,1H3;1H/p-1. The first-order valence-electron chi connectivity index (χ1n) is 9.45. The van der Waals surface area contributed by atoms with Crippen molar-refractivity contribution >= 4 is 11.6 Å². The Balaban J connectivity index is 0.00000272. The molecule has 31 heavy (non-hydrogen) atoms. The summed E-state index contributed by atoms with van der Waals surface area (Å²) in [6, 6.07) is 15.9. The van der Waals surface area contributed by atoms with E-state index in [0.717, 1.165) is 22.6 Å². The van der Waals surface area contributed by atoms with E-state index in [4.69, 9.17) is 30.5 Å². The molecule has 1 heterocycles. The molecule has 0 aliphatic carbocycles. The van der Waals surface area contributed by atoms with Gasteiger partial charge in [-0.25, -0.2) is 4.39 Å². The largest absolute Gasteiger partial charge is 1.00 e. The van der Waals surface area contributed by atoms with Gasteiger partial charge in [-0.2, -0.15) is 0 Å². The lowest BCUT2D eigenvalue weighted by atomic mass is 10.1. The van der Waals surface area contributed by atoms with Gasteiger partial charge in [0.05, 0.1) is 12.1 Å². The number of hydrogen-bond donors (Lipinski definition) is 1. The van der Waals surface area contributed by atoms with Crippen molar-refractivity contribution in [2.75, 3.05) is 13.9 Å². The summed E-state index contributed by atoms with van der Waals surface area (Å²) >= 11 is 6.06. The minimum absolute atomic E-state index is 0. The predicted molar refractivity (Wildman–Crippen MR) is 112 cm³/mol. The van der Waals surface area contributed by atoms with E-state index in [1.807, 2.05) is 36.4 Å². The van der Waals surface area contributed by atoms with Gasteiger partial charge >= 0.3 is 0 Å². The Bertz CT molecular complexity index is 1050. The van der Waals surface area contributed by atoms with E-state index < -0.39 is 0 Å². The molecule has 8 heteroatoms. The lowest BCUT2D eigenvalue weighted by molar-refractivity contribution is -0.00000869. The summed E-state index contributed by atoms with van der Waals surface area (Å²) in [5.41, 5.74) is 2.87. The highest BCUT2D eigenvalue weighted by atomic mass is 35.5. The molecule has 0 spiro atoms. The Morgan fingerprint density at radius 2 is 1.68 bits per heavy atom. The van der Waals surface area contributed by atoms with Crippen LogP contribution in [0.1, 0.15) is 16.7 Å². The molecular formula is C23H21Cl2FNO4-. The van der Waals surface area contributed by atoms with Gasteiger partial charge in [0.2, 0.25) is 6.79 Å². The molecule has 3 aromatic carbocycles. The van der Waals surface area contributed by atoms with E-state index in [-0.39, 0.29) is 31.6 Å². The summed E-state index contributed by atoms with van der Waals surface area (Å²) in [5.74, 6) is 2.40. The summed E-state index contributed by atoms with van der Waals surface area (Å²) in [7, 11) is 1.59. The first-order chi connectivity index (χ1) is 14.6. The molecule has 1 N–H and O–H groups in total. The zero-order chi connectivity index (χ0) is 20.9. The molecule has 1 aliphatic heterocycles. The second-order valence-electron chi connectivity index (χ2n) is 6.80. The number of rotatable bonds is 8. The SMILES string of the molecule is COc1cc(CNCc2ccc3c(c2)OCO3)ccc1OCc1ccc(F)cc1Cl.[Cl-]. The van der Waals surface area contributed by atoms with Crippen LogP contribution in [0.5, 0.6) is 23.0 Å². The summed E-state index contributed by atoms with van der Waals surface area (Å²) < 4.78 is 35.2. The highest BCUT2D eigenvalue weighted by Gasteiger charge is 2.13. The van der Waals surface area contributed by atoms with Crippen molar-refractivity contribution in [2.45, 2.75) is 19.7 Å². The van der Waals surface area contributed by atoms with E-state index >= 15 is 0 Å². The summed E-state index contributed by atoms with van der Waals surface area (Å²) in [4.78, 5) is 0. The first-order valence-corrected chi connectivity index (χ1v) is 9.83. The third-order valence-electron chi connectivity index (χ3n) is 4.72. The van der Waals surface area contributed by atoms with Crippen molar-refractivity contribution in [2.24, 2.45) is 0 Å². The van der Waals surface area contributed by atoms with Crippen LogP contribution in [0.2, 0.25) is 5.02 Å². The fourth-order valence-corrected chi connectivity index (χ4v) is 3.36. The number of fused-ring (bicyclic) bond motifs is 1. The average molecular weight is 465 g/mol. The summed E-state index contributed by atoms with van der Waals surface area (Å²) in [5, 5.41) is 3.74. The van der Waals surface area contributed by atoms with Gasteiger partial charge in [0.15, 0.2) is 23.0 Å². The van der Waals surface area contributed by atoms with Crippen molar-refractivity contribution in [3.63, 3.8) is 0 Å². The summed E-state index contributed by atoms with van der Waals surface area (Å²) in [6.45, 7) is 1.85. The van der Waals surface area contributed by atoms with E-state index in [9.17, 15) is 4.39 Å². The van der Waals surface area contributed by atoms with Crippen LogP contribution in [-0.2, 0) is 19.7 Å². The fourth-order valence-electron chi connectivity index (χ4n) is 3.14. The maximum atomic E-state index is 13.2. The predicted octanol–water partition coefficient (Wildman–Crippen LogP) is 2.09. The zero-order valence-electron chi connectivity index (χ0n) is 16.8. The Kier molecular flexibility index (Phi) is 7.85. The van der Waals surface area contributed by atoms with Crippen molar-refractivity contribution < 1.29 is 35.7 Å². The minimum atomic E-state index is -0.376. The number of hydrogen-bond acceptors (Lipinski definition) is 5. The lowest BCUT2D eigenvalue weighted by Crippen LogP contribution is -3.00. The van der Waals surface area contributed by atoms with Crippen molar-refractivity contribution in [3.8, 4) is 23.0 Å². The molecule has 3 aromatic rings. The maximum Gasteiger partial charge on any atom is 0.231 e. The van der Waals surface area contributed by atoms with Gasteiger partial charge in [-0.1, -0.05) is 29.8 Å². The normalized spacial score (nSPS) is 11.7.